The van der Waals surface area contributed by atoms with Crippen LogP contribution in [0.25, 0.3) is 0 Å². The maximum atomic E-state index is 12.3. The van der Waals surface area contributed by atoms with E-state index in [2.05, 4.69) is 6.07 Å². The van der Waals surface area contributed by atoms with Crippen molar-refractivity contribution in [3.63, 3.8) is 0 Å². The largest absolute Gasteiger partial charge is 0.282 e. The first-order valence-corrected chi connectivity index (χ1v) is 7.42. The molecule has 1 rings (SSSR count). The Balaban J connectivity index is 2.76. The summed E-state index contributed by atoms with van der Waals surface area (Å²) in [5.74, 6) is -0.283. The highest BCUT2D eigenvalue weighted by Crippen LogP contribution is 2.21. The number of nitrogens with zero attached hydrogens (tertiary/aromatic N) is 3. The highest BCUT2D eigenvalue weighted by Gasteiger charge is 2.33. The molecule has 0 aromatic rings. The van der Waals surface area contributed by atoms with Crippen molar-refractivity contribution in [1.29, 1.82) is 5.26 Å². The number of nitriles is 1. The molecular formula is C11H21N3O2S. The van der Waals surface area contributed by atoms with E-state index in [4.69, 9.17) is 5.26 Å². The van der Waals surface area contributed by atoms with E-state index in [1.807, 2.05) is 6.92 Å². The van der Waals surface area contributed by atoms with Crippen molar-refractivity contribution in [2.24, 2.45) is 5.92 Å². The van der Waals surface area contributed by atoms with Gasteiger partial charge in [-0.1, -0.05) is 6.42 Å². The Labute approximate surface area is 104 Å². The van der Waals surface area contributed by atoms with Gasteiger partial charge in [0.25, 0.3) is 10.2 Å². The van der Waals surface area contributed by atoms with E-state index in [1.165, 1.54) is 4.31 Å². The van der Waals surface area contributed by atoms with Crippen LogP contribution in [0.15, 0.2) is 0 Å². The normalized spacial score (nSPS) is 24.5. The maximum Gasteiger partial charge on any atom is 0.282 e. The summed E-state index contributed by atoms with van der Waals surface area (Å²) in [6.45, 7) is 4.51. The molecule has 0 saturated carbocycles. The molecule has 0 unspecified atom stereocenters. The highest BCUT2D eigenvalue weighted by atomic mass is 32.2. The van der Waals surface area contributed by atoms with Crippen molar-refractivity contribution in [1.82, 2.24) is 8.61 Å². The molecule has 0 bridgehead atoms. The molecule has 0 N–H and O–H groups in total. The van der Waals surface area contributed by atoms with E-state index < -0.39 is 10.2 Å². The summed E-state index contributed by atoms with van der Waals surface area (Å²) in [4.78, 5) is 0. The summed E-state index contributed by atoms with van der Waals surface area (Å²) in [6, 6.07) is 2.12. The third kappa shape index (κ3) is 3.41. The minimum absolute atomic E-state index is 0.0635. The summed E-state index contributed by atoms with van der Waals surface area (Å²) in [5.41, 5.74) is 0. The third-order valence-electron chi connectivity index (χ3n) is 3.18. The first-order chi connectivity index (χ1) is 7.89. The predicted octanol–water partition coefficient (Wildman–Crippen LogP) is 1.20. The number of hydrogen-bond acceptors (Lipinski definition) is 3. The molecule has 1 saturated heterocycles. The number of piperidine rings is 1. The fraction of sp³-hybridized carbons (Fsp3) is 0.909. The Morgan fingerprint density at radius 3 is 2.71 bits per heavy atom. The van der Waals surface area contributed by atoms with Gasteiger partial charge >= 0.3 is 0 Å². The van der Waals surface area contributed by atoms with E-state index in [1.54, 1.807) is 18.3 Å². The van der Waals surface area contributed by atoms with Crippen LogP contribution in [0, 0.1) is 17.2 Å². The van der Waals surface area contributed by atoms with Gasteiger partial charge in [0, 0.05) is 26.2 Å². The molecule has 1 aliphatic heterocycles. The van der Waals surface area contributed by atoms with Crippen LogP contribution in [0.5, 0.6) is 0 Å². The van der Waals surface area contributed by atoms with Crippen molar-refractivity contribution in [2.45, 2.75) is 39.2 Å². The fourth-order valence-corrected chi connectivity index (χ4v) is 3.80. The van der Waals surface area contributed by atoms with Crippen molar-refractivity contribution < 1.29 is 8.42 Å². The van der Waals surface area contributed by atoms with Crippen LogP contribution in [0.2, 0.25) is 0 Å². The summed E-state index contributed by atoms with van der Waals surface area (Å²) >= 11 is 0. The van der Waals surface area contributed by atoms with E-state index in [-0.39, 0.29) is 18.5 Å². The monoisotopic (exact) mass is 259 g/mol. The van der Waals surface area contributed by atoms with Gasteiger partial charge < -0.3 is 0 Å². The average molecular weight is 259 g/mol. The standard InChI is InChI=1S/C11H21N3O2S/c1-10(8-12)9-13(3)17(15,16)14-7-5-4-6-11(14)2/h10-11H,4-7,9H2,1-3H3/t10-,11+/m0/s1. The molecule has 1 aliphatic rings. The molecule has 0 radical (unpaired) electrons. The molecule has 1 heterocycles. The lowest BCUT2D eigenvalue weighted by molar-refractivity contribution is 0.248. The van der Waals surface area contributed by atoms with E-state index >= 15 is 0 Å². The molecule has 0 amide bonds. The smallest absolute Gasteiger partial charge is 0.198 e. The SMILES string of the molecule is C[C@@H]1CCCCN1S(=O)(=O)N(C)C[C@@H](C)C#N. The van der Waals surface area contributed by atoms with Gasteiger partial charge in [0.1, 0.15) is 0 Å². The molecule has 5 nitrogen and oxygen atoms in total. The zero-order valence-corrected chi connectivity index (χ0v) is 11.6. The zero-order valence-electron chi connectivity index (χ0n) is 10.8. The van der Waals surface area contributed by atoms with Crippen LogP contribution in [0.4, 0.5) is 0 Å². The number of hydrogen-bond donors (Lipinski definition) is 0. The lowest BCUT2D eigenvalue weighted by Crippen LogP contribution is -2.49. The predicted molar refractivity (Wildman–Crippen MR) is 66.3 cm³/mol. The quantitative estimate of drug-likeness (QED) is 0.762. The summed E-state index contributed by atoms with van der Waals surface area (Å²) in [5, 5.41) is 8.73. The first-order valence-electron chi connectivity index (χ1n) is 6.02. The second-order valence-corrected chi connectivity index (χ2v) is 6.76. The second-order valence-electron chi connectivity index (χ2n) is 4.77. The minimum Gasteiger partial charge on any atom is -0.198 e. The Kier molecular flexibility index (Phi) is 4.92. The van der Waals surface area contributed by atoms with Crippen molar-refractivity contribution in [3.05, 3.63) is 0 Å². The molecule has 6 heteroatoms. The van der Waals surface area contributed by atoms with Crippen molar-refractivity contribution in [2.75, 3.05) is 20.1 Å². The molecule has 0 aromatic heterocycles. The topological polar surface area (TPSA) is 64.4 Å². The van der Waals surface area contributed by atoms with E-state index in [0.29, 0.717) is 6.54 Å². The molecule has 0 aromatic carbocycles. The van der Waals surface area contributed by atoms with Gasteiger partial charge in [-0.2, -0.15) is 22.3 Å². The highest BCUT2D eigenvalue weighted by molar-refractivity contribution is 7.86. The molecule has 0 spiro atoms. The summed E-state index contributed by atoms with van der Waals surface area (Å²) in [7, 11) is -1.85. The molecule has 98 valence electrons. The number of rotatable bonds is 4. The maximum absolute atomic E-state index is 12.3. The zero-order chi connectivity index (χ0) is 13.1. The lowest BCUT2D eigenvalue weighted by Gasteiger charge is -2.35. The first kappa shape index (κ1) is 14.4. The van der Waals surface area contributed by atoms with Crippen molar-refractivity contribution >= 4 is 10.2 Å². The van der Waals surface area contributed by atoms with Crippen LogP contribution in [-0.2, 0) is 10.2 Å². The molecule has 2 atom stereocenters. The third-order valence-corrected chi connectivity index (χ3v) is 5.26. The van der Waals surface area contributed by atoms with Gasteiger partial charge in [-0.05, 0) is 26.7 Å². The Morgan fingerprint density at radius 2 is 2.18 bits per heavy atom. The van der Waals surface area contributed by atoms with Gasteiger partial charge in [-0.15, -0.1) is 0 Å². The summed E-state index contributed by atoms with van der Waals surface area (Å²) in [6.07, 6.45) is 2.93. The van der Waals surface area contributed by atoms with Gasteiger partial charge in [0.15, 0.2) is 0 Å². The van der Waals surface area contributed by atoms with Crippen LogP contribution in [-0.4, -0.2) is 43.2 Å². The van der Waals surface area contributed by atoms with Crippen LogP contribution in [0.3, 0.4) is 0 Å². The lowest BCUT2D eigenvalue weighted by atomic mass is 10.1. The Hall–Kier alpha value is -0.640. The summed E-state index contributed by atoms with van der Waals surface area (Å²) < 4.78 is 27.4. The molecular weight excluding hydrogens is 238 g/mol. The average Bonchev–Trinajstić information content (AvgIpc) is 2.29. The van der Waals surface area contributed by atoms with Gasteiger partial charge in [0.2, 0.25) is 0 Å². The van der Waals surface area contributed by atoms with Crippen molar-refractivity contribution in [3.8, 4) is 6.07 Å². The van der Waals surface area contributed by atoms with Crippen LogP contribution < -0.4 is 0 Å². The fourth-order valence-electron chi connectivity index (χ4n) is 2.11. The molecule has 1 fully saturated rings. The Bertz CT molecular complexity index is 388. The van der Waals surface area contributed by atoms with Crippen LogP contribution >= 0.6 is 0 Å². The second kappa shape index (κ2) is 5.80. The van der Waals surface area contributed by atoms with E-state index in [0.717, 1.165) is 19.3 Å². The van der Waals surface area contributed by atoms with Gasteiger partial charge in [-0.25, -0.2) is 0 Å². The molecule has 17 heavy (non-hydrogen) atoms. The van der Waals surface area contributed by atoms with E-state index in [9.17, 15) is 8.42 Å². The van der Waals surface area contributed by atoms with Crippen LogP contribution in [0.1, 0.15) is 33.1 Å². The minimum atomic E-state index is -3.40. The molecule has 0 aliphatic carbocycles. The Morgan fingerprint density at radius 1 is 1.53 bits per heavy atom. The van der Waals surface area contributed by atoms with Gasteiger partial charge in [0.05, 0.1) is 12.0 Å². The van der Waals surface area contributed by atoms with Gasteiger partial charge in [-0.3, -0.25) is 0 Å².